The van der Waals surface area contributed by atoms with Crippen molar-refractivity contribution in [1.82, 2.24) is 20.2 Å². The minimum atomic E-state index is -4.75. The lowest BCUT2D eigenvalue weighted by atomic mass is 9.95. The van der Waals surface area contributed by atoms with Gasteiger partial charge in [-0.15, -0.1) is 0 Å². The van der Waals surface area contributed by atoms with E-state index in [1.165, 1.54) is 6.07 Å². The monoisotopic (exact) mass is 523 g/mol. The molecule has 6 rings (SSSR count). The maximum atomic E-state index is 14.9. The van der Waals surface area contributed by atoms with Gasteiger partial charge in [-0.05, 0) is 66.6 Å². The Balaban J connectivity index is 1.30. The molecule has 0 saturated carbocycles. The maximum Gasteiger partial charge on any atom is 0.417 e. The number of benzene rings is 1. The average molecular weight is 524 g/mol. The van der Waals surface area contributed by atoms with Gasteiger partial charge in [-0.2, -0.15) is 18.3 Å². The van der Waals surface area contributed by atoms with Gasteiger partial charge in [-0.3, -0.25) is 5.10 Å². The molecule has 0 bridgehead atoms. The Bertz CT molecular complexity index is 1510. The van der Waals surface area contributed by atoms with Crippen LogP contribution in [0.4, 0.5) is 23.4 Å². The summed E-state index contributed by atoms with van der Waals surface area (Å²) in [5.41, 5.74) is 3.87. The summed E-state index contributed by atoms with van der Waals surface area (Å²) in [4.78, 5) is 10.9. The van der Waals surface area contributed by atoms with E-state index in [1.807, 2.05) is 11.0 Å². The zero-order chi connectivity index (χ0) is 26.6. The fourth-order valence-corrected chi connectivity index (χ4v) is 5.35. The molecule has 1 atom stereocenters. The summed E-state index contributed by atoms with van der Waals surface area (Å²) >= 11 is 0. The first-order valence-corrected chi connectivity index (χ1v) is 12.4. The van der Waals surface area contributed by atoms with Crippen LogP contribution in [0.3, 0.4) is 0 Å². The molecule has 1 aliphatic heterocycles. The number of fused-ring (bicyclic) bond motifs is 2. The number of pyridine rings is 2. The van der Waals surface area contributed by atoms with Crippen LogP contribution in [0.1, 0.15) is 46.1 Å². The number of aromatic nitrogens is 4. The van der Waals surface area contributed by atoms with Crippen LogP contribution in [-0.4, -0.2) is 20.2 Å². The minimum absolute atomic E-state index is 0.0117. The number of H-pyrrole nitrogens is 1. The van der Waals surface area contributed by atoms with Gasteiger partial charge in [-0.1, -0.05) is 6.92 Å². The maximum absolute atomic E-state index is 14.9. The molecule has 4 heterocycles. The van der Waals surface area contributed by atoms with Crippen molar-refractivity contribution in [3.63, 3.8) is 0 Å². The van der Waals surface area contributed by atoms with Gasteiger partial charge in [-0.25, -0.2) is 14.4 Å². The van der Waals surface area contributed by atoms with E-state index in [4.69, 9.17) is 4.74 Å². The van der Waals surface area contributed by atoms with Gasteiger partial charge >= 0.3 is 6.18 Å². The standard InChI is InChI=1S/C28H25F4N5O/c1-15-5-17-8-27(33-10-18(17)6-15)38-14-19-7-22(23(9-24(19)29)28(30,31)32)21-3-4-26(35-16(21)2)37-12-20-11-34-36-25(20)13-37/h3-4,7-11,15H,5-6,12-14H2,1-2H3,(H,34,36). The van der Waals surface area contributed by atoms with Gasteiger partial charge in [0.25, 0.3) is 0 Å². The third-order valence-corrected chi connectivity index (χ3v) is 7.27. The third kappa shape index (κ3) is 4.48. The highest BCUT2D eigenvalue weighted by atomic mass is 19.4. The summed E-state index contributed by atoms with van der Waals surface area (Å²) in [6, 6.07) is 6.89. The number of nitrogens with zero attached hydrogens (tertiary/aromatic N) is 4. The van der Waals surface area contributed by atoms with Crippen LogP contribution in [0.25, 0.3) is 11.1 Å². The first kappa shape index (κ1) is 24.4. The van der Waals surface area contributed by atoms with E-state index in [1.54, 1.807) is 31.5 Å². The molecule has 196 valence electrons. The molecule has 38 heavy (non-hydrogen) atoms. The number of anilines is 1. The quantitative estimate of drug-likeness (QED) is 0.317. The molecule has 6 nitrogen and oxygen atoms in total. The zero-order valence-corrected chi connectivity index (χ0v) is 20.9. The highest BCUT2D eigenvalue weighted by Gasteiger charge is 2.35. The highest BCUT2D eigenvalue weighted by Crippen LogP contribution is 2.40. The lowest BCUT2D eigenvalue weighted by Crippen LogP contribution is -2.17. The molecule has 0 saturated heterocycles. The van der Waals surface area contributed by atoms with Crippen LogP contribution < -0.4 is 9.64 Å². The first-order chi connectivity index (χ1) is 18.2. The molecule has 0 radical (unpaired) electrons. The highest BCUT2D eigenvalue weighted by molar-refractivity contribution is 5.72. The van der Waals surface area contributed by atoms with Gasteiger partial charge < -0.3 is 9.64 Å². The van der Waals surface area contributed by atoms with Crippen molar-refractivity contribution in [2.45, 2.75) is 52.6 Å². The third-order valence-electron chi connectivity index (χ3n) is 7.27. The van der Waals surface area contributed by atoms with Crippen LogP contribution in [0.5, 0.6) is 5.88 Å². The lowest BCUT2D eigenvalue weighted by molar-refractivity contribution is -0.137. The van der Waals surface area contributed by atoms with Gasteiger partial charge in [0, 0.05) is 41.2 Å². The Morgan fingerprint density at radius 3 is 2.61 bits per heavy atom. The number of alkyl halides is 3. The average Bonchev–Trinajstić information content (AvgIpc) is 3.56. The van der Waals surface area contributed by atoms with Crippen molar-refractivity contribution in [1.29, 1.82) is 0 Å². The van der Waals surface area contributed by atoms with E-state index in [9.17, 15) is 17.6 Å². The lowest BCUT2D eigenvalue weighted by Gasteiger charge is -2.20. The van der Waals surface area contributed by atoms with Crippen LogP contribution in [0.2, 0.25) is 0 Å². The summed E-state index contributed by atoms with van der Waals surface area (Å²) in [6.45, 7) is 4.76. The van der Waals surface area contributed by atoms with Crippen LogP contribution in [0.15, 0.2) is 42.7 Å². The minimum Gasteiger partial charge on any atom is -0.473 e. The second-order valence-corrected chi connectivity index (χ2v) is 10.1. The van der Waals surface area contributed by atoms with E-state index < -0.39 is 17.6 Å². The second kappa shape index (κ2) is 9.11. The van der Waals surface area contributed by atoms with Gasteiger partial charge in [0.2, 0.25) is 5.88 Å². The molecular formula is C28H25F4N5O. The number of rotatable bonds is 5. The number of aromatic amines is 1. The van der Waals surface area contributed by atoms with E-state index in [-0.39, 0.29) is 23.3 Å². The molecular weight excluding hydrogens is 498 g/mol. The largest absolute Gasteiger partial charge is 0.473 e. The van der Waals surface area contributed by atoms with E-state index >= 15 is 0 Å². The molecule has 3 aromatic heterocycles. The molecule has 0 amide bonds. The molecule has 0 spiro atoms. The number of aryl methyl sites for hydroxylation is 1. The van der Waals surface area contributed by atoms with Crippen molar-refractivity contribution >= 4 is 5.82 Å². The van der Waals surface area contributed by atoms with Crippen molar-refractivity contribution in [3.05, 3.63) is 87.7 Å². The summed E-state index contributed by atoms with van der Waals surface area (Å²) in [7, 11) is 0. The molecule has 10 heteroatoms. The SMILES string of the molecule is Cc1nc(N2Cc3cn[nH]c3C2)ccc1-c1cc(COc2cc3c(cn2)CC(C)C3)c(F)cc1C(F)(F)F. The molecule has 2 aliphatic rings. The normalized spacial score (nSPS) is 16.6. The number of hydrogen-bond donors (Lipinski definition) is 1. The van der Waals surface area contributed by atoms with E-state index in [2.05, 4.69) is 27.1 Å². The molecule has 1 aromatic carbocycles. The van der Waals surface area contributed by atoms with Gasteiger partial charge in [0.15, 0.2) is 0 Å². The van der Waals surface area contributed by atoms with Crippen molar-refractivity contribution < 1.29 is 22.3 Å². The Morgan fingerprint density at radius 2 is 1.84 bits per heavy atom. The number of ether oxygens (including phenoxy) is 1. The Morgan fingerprint density at radius 1 is 1.03 bits per heavy atom. The smallest absolute Gasteiger partial charge is 0.417 e. The predicted molar refractivity (Wildman–Crippen MR) is 133 cm³/mol. The van der Waals surface area contributed by atoms with E-state index in [0.717, 1.165) is 35.2 Å². The fraction of sp³-hybridized carbons (Fsp3) is 0.321. The Hall–Kier alpha value is -3.95. The molecule has 4 aromatic rings. The topological polar surface area (TPSA) is 66.9 Å². The number of hydrogen-bond acceptors (Lipinski definition) is 5. The predicted octanol–water partition coefficient (Wildman–Crippen LogP) is 6.17. The number of halogens is 4. The molecule has 1 aliphatic carbocycles. The zero-order valence-electron chi connectivity index (χ0n) is 20.9. The van der Waals surface area contributed by atoms with Crippen LogP contribution in [-0.2, 0) is 38.7 Å². The fourth-order valence-electron chi connectivity index (χ4n) is 5.35. The van der Waals surface area contributed by atoms with Gasteiger partial charge in [0.05, 0.1) is 24.0 Å². The summed E-state index contributed by atoms with van der Waals surface area (Å²) in [5, 5.41) is 6.97. The molecule has 1 unspecified atom stereocenters. The summed E-state index contributed by atoms with van der Waals surface area (Å²) in [5.74, 6) is 0.511. The van der Waals surface area contributed by atoms with Gasteiger partial charge in [0.1, 0.15) is 18.2 Å². The van der Waals surface area contributed by atoms with Crippen molar-refractivity contribution in [3.8, 4) is 17.0 Å². The van der Waals surface area contributed by atoms with Crippen molar-refractivity contribution in [2.24, 2.45) is 5.92 Å². The first-order valence-electron chi connectivity index (χ1n) is 12.4. The van der Waals surface area contributed by atoms with Crippen LogP contribution in [0, 0.1) is 18.7 Å². The summed E-state index contributed by atoms with van der Waals surface area (Å²) < 4.78 is 62.6. The van der Waals surface area contributed by atoms with E-state index in [0.29, 0.717) is 42.5 Å². The van der Waals surface area contributed by atoms with Crippen molar-refractivity contribution in [2.75, 3.05) is 4.90 Å². The summed E-state index contributed by atoms with van der Waals surface area (Å²) in [6.07, 6.45) is 0.631. The Kier molecular flexibility index (Phi) is 5.85. The Labute approximate surface area is 216 Å². The molecule has 1 N–H and O–H groups in total. The second-order valence-electron chi connectivity index (χ2n) is 10.1. The number of nitrogens with one attached hydrogen (secondary N) is 1. The van der Waals surface area contributed by atoms with Crippen LogP contribution >= 0.6 is 0 Å². The molecule has 0 fully saturated rings.